The van der Waals surface area contributed by atoms with Crippen molar-refractivity contribution >= 4 is 63.3 Å². The van der Waals surface area contributed by atoms with Crippen LogP contribution >= 0.6 is 35.6 Å². The van der Waals surface area contributed by atoms with E-state index >= 15 is 0 Å². The molecule has 2 N–H and O–H groups in total. The summed E-state index contributed by atoms with van der Waals surface area (Å²) in [5.74, 6) is 0.214. The van der Waals surface area contributed by atoms with Crippen LogP contribution in [0, 0.1) is 15.9 Å². The van der Waals surface area contributed by atoms with E-state index in [1.807, 2.05) is 0 Å². The number of rotatable bonds is 4. The van der Waals surface area contributed by atoms with E-state index in [1.54, 1.807) is 24.3 Å². The van der Waals surface area contributed by atoms with E-state index in [9.17, 15) is 14.5 Å². The molecule has 10 heteroatoms. The maximum Gasteiger partial charge on any atom is 0.292 e. The highest BCUT2D eigenvalue weighted by molar-refractivity contribution is 7.99. The number of thiocarbonyl (C=S) groups is 1. The summed E-state index contributed by atoms with van der Waals surface area (Å²) >= 11 is 13.0. The number of nitrogens with zero attached hydrogens (tertiary/aromatic N) is 2. The lowest BCUT2D eigenvalue weighted by Crippen LogP contribution is -2.24. The zero-order chi connectivity index (χ0) is 19.4. The fourth-order valence-electron chi connectivity index (χ4n) is 2.34. The standard InChI is InChI=1S/C17H12ClFN4O2S2/c18-16-10(9-27-15-6-5-11(19)7-12(15)16)8-20-22-17(26)21-13-3-1-2-4-14(13)23(24)25/h1-8H,9H2,(H2,21,22,26)/b20-8+. The summed E-state index contributed by atoms with van der Waals surface area (Å²) in [7, 11) is 0. The number of nitro groups is 1. The van der Waals surface area contributed by atoms with Gasteiger partial charge in [0.25, 0.3) is 5.69 Å². The molecule has 0 saturated heterocycles. The van der Waals surface area contributed by atoms with Crippen molar-refractivity contribution in [3.8, 4) is 0 Å². The molecule has 3 rings (SSSR count). The summed E-state index contributed by atoms with van der Waals surface area (Å²) < 4.78 is 13.4. The second-order valence-corrected chi connectivity index (χ2v) is 7.17. The number of hydrogen-bond acceptors (Lipinski definition) is 5. The minimum absolute atomic E-state index is 0.0900. The Morgan fingerprint density at radius 2 is 2.15 bits per heavy atom. The average molecular weight is 423 g/mol. The molecule has 0 radical (unpaired) electrons. The lowest BCUT2D eigenvalue weighted by Gasteiger charge is -2.17. The molecule has 2 aromatic rings. The first-order valence-corrected chi connectivity index (χ1v) is 9.37. The molecule has 6 nitrogen and oxygen atoms in total. The van der Waals surface area contributed by atoms with Crippen molar-refractivity contribution in [2.45, 2.75) is 4.90 Å². The van der Waals surface area contributed by atoms with E-state index in [-0.39, 0.29) is 22.3 Å². The van der Waals surface area contributed by atoms with E-state index in [2.05, 4.69) is 15.8 Å². The number of nitrogens with one attached hydrogen (secondary N) is 2. The van der Waals surface area contributed by atoms with Crippen molar-refractivity contribution in [2.75, 3.05) is 11.1 Å². The second kappa shape index (κ2) is 8.47. The van der Waals surface area contributed by atoms with Crippen LogP contribution in [0.3, 0.4) is 0 Å². The molecular formula is C17H12ClFN4O2S2. The molecule has 1 aliphatic rings. The SMILES string of the molecule is O=[N+]([O-])c1ccccc1NC(=S)N/N=C/C1=C(Cl)c2cc(F)ccc2SC1. The maximum atomic E-state index is 13.4. The molecule has 0 unspecified atom stereocenters. The zero-order valence-corrected chi connectivity index (χ0v) is 16.0. The third-order valence-corrected chi connectivity index (χ3v) is 5.34. The Labute approximate surface area is 168 Å². The number of hydrazone groups is 1. The summed E-state index contributed by atoms with van der Waals surface area (Å²) in [5, 5.41) is 18.3. The van der Waals surface area contributed by atoms with Gasteiger partial charge in [0.1, 0.15) is 11.5 Å². The molecule has 0 amide bonds. The minimum Gasteiger partial charge on any atom is -0.326 e. The van der Waals surface area contributed by atoms with Crippen LogP contribution in [0.2, 0.25) is 0 Å². The number of benzene rings is 2. The van der Waals surface area contributed by atoms with Crippen molar-refractivity contribution in [1.82, 2.24) is 5.43 Å². The highest BCUT2D eigenvalue weighted by Crippen LogP contribution is 2.38. The van der Waals surface area contributed by atoms with Crippen LogP contribution in [0.4, 0.5) is 15.8 Å². The third-order valence-electron chi connectivity index (χ3n) is 3.58. The van der Waals surface area contributed by atoms with Gasteiger partial charge in [0.2, 0.25) is 0 Å². The highest BCUT2D eigenvalue weighted by atomic mass is 35.5. The minimum atomic E-state index is -0.505. The molecule has 0 aromatic heterocycles. The Balaban J connectivity index is 1.68. The summed E-state index contributed by atoms with van der Waals surface area (Å²) in [4.78, 5) is 11.4. The van der Waals surface area contributed by atoms with Crippen LogP contribution in [-0.4, -0.2) is 22.0 Å². The van der Waals surface area contributed by atoms with Crippen molar-refractivity contribution in [3.63, 3.8) is 0 Å². The van der Waals surface area contributed by atoms with E-state index in [0.717, 1.165) is 4.90 Å². The van der Waals surface area contributed by atoms with Gasteiger partial charge in [0.05, 0.1) is 16.2 Å². The number of hydrogen-bond donors (Lipinski definition) is 2. The molecule has 0 fully saturated rings. The largest absolute Gasteiger partial charge is 0.326 e. The van der Waals surface area contributed by atoms with Gasteiger partial charge in [0, 0.05) is 27.9 Å². The van der Waals surface area contributed by atoms with E-state index in [0.29, 0.717) is 21.9 Å². The van der Waals surface area contributed by atoms with Gasteiger partial charge in [-0.25, -0.2) is 4.39 Å². The predicted molar refractivity (Wildman–Crippen MR) is 111 cm³/mol. The highest BCUT2D eigenvalue weighted by Gasteiger charge is 2.18. The molecule has 0 atom stereocenters. The van der Waals surface area contributed by atoms with E-state index in [4.69, 9.17) is 23.8 Å². The van der Waals surface area contributed by atoms with Crippen LogP contribution in [0.5, 0.6) is 0 Å². The van der Waals surface area contributed by atoms with Crippen molar-refractivity contribution < 1.29 is 9.31 Å². The van der Waals surface area contributed by atoms with Gasteiger partial charge in [-0.05, 0) is 36.5 Å². The van der Waals surface area contributed by atoms with Crippen LogP contribution in [0.25, 0.3) is 5.03 Å². The molecule has 0 spiro atoms. The molecule has 27 heavy (non-hydrogen) atoms. The summed E-state index contributed by atoms with van der Waals surface area (Å²) in [6, 6.07) is 10.6. The van der Waals surface area contributed by atoms with Crippen molar-refractivity contribution in [1.29, 1.82) is 0 Å². The van der Waals surface area contributed by atoms with Gasteiger partial charge in [-0.1, -0.05) is 23.7 Å². The molecule has 0 aliphatic carbocycles. The summed E-state index contributed by atoms with van der Waals surface area (Å²) in [6.45, 7) is 0. The second-order valence-electron chi connectivity index (χ2n) is 5.37. The average Bonchev–Trinajstić information content (AvgIpc) is 2.64. The van der Waals surface area contributed by atoms with Crippen LogP contribution in [0.1, 0.15) is 5.56 Å². The van der Waals surface area contributed by atoms with Gasteiger partial charge in [-0.2, -0.15) is 5.10 Å². The normalized spacial score (nSPS) is 13.4. The quantitative estimate of drug-likeness (QED) is 0.320. The molecule has 2 aromatic carbocycles. The van der Waals surface area contributed by atoms with Gasteiger partial charge >= 0.3 is 0 Å². The fraction of sp³-hybridized carbons (Fsp3) is 0.0588. The van der Waals surface area contributed by atoms with Gasteiger partial charge in [0.15, 0.2) is 5.11 Å². The van der Waals surface area contributed by atoms with Gasteiger partial charge < -0.3 is 5.32 Å². The Morgan fingerprint density at radius 3 is 2.93 bits per heavy atom. The van der Waals surface area contributed by atoms with Crippen LogP contribution in [-0.2, 0) is 0 Å². The first-order chi connectivity index (χ1) is 13.0. The lowest BCUT2D eigenvalue weighted by atomic mass is 10.1. The fourth-order valence-corrected chi connectivity index (χ4v) is 3.92. The molecular weight excluding hydrogens is 411 g/mol. The monoisotopic (exact) mass is 422 g/mol. The maximum absolute atomic E-state index is 13.4. The Bertz CT molecular complexity index is 981. The molecule has 1 aliphatic heterocycles. The number of anilines is 1. The lowest BCUT2D eigenvalue weighted by molar-refractivity contribution is -0.383. The van der Waals surface area contributed by atoms with Crippen LogP contribution in [0.15, 0.2) is 58.0 Å². The van der Waals surface area contributed by atoms with Crippen molar-refractivity contribution in [3.05, 3.63) is 69.5 Å². The molecule has 138 valence electrons. The number of fused-ring (bicyclic) bond motifs is 1. The van der Waals surface area contributed by atoms with Gasteiger partial charge in [-0.3, -0.25) is 15.5 Å². The number of para-hydroxylation sites is 2. The molecule has 0 saturated carbocycles. The third kappa shape index (κ3) is 4.62. The number of nitro benzene ring substituents is 1. The Kier molecular flexibility index (Phi) is 6.04. The topological polar surface area (TPSA) is 79.6 Å². The first-order valence-electron chi connectivity index (χ1n) is 7.60. The zero-order valence-electron chi connectivity index (χ0n) is 13.6. The Hall–Kier alpha value is -2.49. The van der Waals surface area contributed by atoms with Crippen molar-refractivity contribution in [2.24, 2.45) is 5.10 Å². The first kappa shape index (κ1) is 19.3. The summed E-state index contributed by atoms with van der Waals surface area (Å²) in [5.41, 5.74) is 4.08. The van der Waals surface area contributed by atoms with E-state index in [1.165, 1.54) is 36.2 Å². The number of halogens is 2. The molecule has 0 bridgehead atoms. The van der Waals surface area contributed by atoms with Gasteiger partial charge in [-0.15, -0.1) is 11.8 Å². The summed E-state index contributed by atoms with van der Waals surface area (Å²) in [6.07, 6.45) is 1.50. The smallest absolute Gasteiger partial charge is 0.292 e. The van der Waals surface area contributed by atoms with Crippen LogP contribution < -0.4 is 10.7 Å². The number of thioether (sulfide) groups is 1. The Morgan fingerprint density at radius 1 is 1.37 bits per heavy atom. The predicted octanol–water partition coefficient (Wildman–Crippen LogP) is 4.76. The molecule has 1 heterocycles. The van der Waals surface area contributed by atoms with E-state index < -0.39 is 4.92 Å².